The lowest BCUT2D eigenvalue weighted by atomic mass is 10.4. The molecule has 0 saturated carbocycles. The molecule has 0 spiro atoms. The second kappa shape index (κ2) is 7.38. The molecule has 0 fully saturated rings. The van der Waals surface area contributed by atoms with Crippen LogP contribution in [0.5, 0.6) is 0 Å². The van der Waals surface area contributed by atoms with Crippen molar-refractivity contribution < 1.29 is 9.47 Å². The van der Waals surface area contributed by atoms with Gasteiger partial charge in [-0.25, -0.2) is 0 Å². The van der Waals surface area contributed by atoms with E-state index in [9.17, 15) is 0 Å². The Kier molecular flexibility index (Phi) is 7.58. The summed E-state index contributed by atoms with van der Waals surface area (Å²) in [6.45, 7) is 5.36. The molecule has 0 N–H and O–H groups in total. The minimum absolute atomic E-state index is 0.448. The van der Waals surface area contributed by atoms with Gasteiger partial charge in [0.2, 0.25) is 5.62 Å². The molecule has 0 aromatic heterocycles. The van der Waals surface area contributed by atoms with Gasteiger partial charge in [0.25, 0.3) is 0 Å². The van der Waals surface area contributed by atoms with Crippen molar-refractivity contribution in [3.8, 4) is 0 Å². The van der Waals surface area contributed by atoms with Gasteiger partial charge in [-0.1, -0.05) is 13.3 Å². The fraction of sp³-hybridized carbons (Fsp3) is 1.00. The van der Waals surface area contributed by atoms with E-state index in [1.165, 1.54) is 0 Å². The lowest BCUT2D eigenvalue weighted by molar-refractivity contribution is -0.0772. The lowest BCUT2D eigenvalue weighted by Crippen LogP contribution is -2.10. The Hall–Kier alpha value is 0.270. The zero-order valence-electron chi connectivity index (χ0n) is 6.63. The van der Waals surface area contributed by atoms with Crippen molar-refractivity contribution in [2.24, 2.45) is 0 Å². The van der Waals surface area contributed by atoms with E-state index in [1.54, 1.807) is 0 Å². The van der Waals surface area contributed by atoms with Gasteiger partial charge < -0.3 is 9.47 Å². The number of ether oxygens (including phenoxy) is 2. The molecule has 1 unspecified atom stereocenters. The second-order valence-corrected chi connectivity index (χ2v) is 2.35. The van der Waals surface area contributed by atoms with E-state index < -0.39 is 5.62 Å². The first-order valence-electron chi connectivity index (χ1n) is 3.70. The number of rotatable bonds is 6. The van der Waals surface area contributed by atoms with E-state index in [2.05, 4.69) is 6.92 Å². The summed E-state index contributed by atoms with van der Waals surface area (Å²) in [5.41, 5.74) is -0.448. The summed E-state index contributed by atoms with van der Waals surface area (Å²) >= 11 is 4.81. The van der Waals surface area contributed by atoms with Crippen molar-refractivity contribution in [3.05, 3.63) is 0 Å². The van der Waals surface area contributed by atoms with Gasteiger partial charge in [-0.2, -0.15) is 0 Å². The maximum absolute atomic E-state index is 5.12. The minimum Gasteiger partial charge on any atom is -0.343 e. The third-order valence-corrected chi connectivity index (χ3v) is 1.33. The highest BCUT2D eigenvalue weighted by atomic mass is 32.1. The predicted octanol–water partition coefficient (Wildman–Crippen LogP) is 2.32. The van der Waals surface area contributed by atoms with Crippen LogP contribution in [0, 0.1) is 0 Å². The van der Waals surface area contributed by atoms with Gasteiger partial charge in [-0.15, -0.1) is 0 Å². The van der Waals surface area contributed by atoms with Crippen molar-refractivity contribution in [1.29, 1.82) is 0 Å². The second-order valence-electron chi connectivity index (χ2n) is 1.97. The van der Waals surface area contributed by atoms with E-state index in [1.807, 2.05) is 6.92 Å². The van der Waals surface area contributed by atoms with Gasteiger partial charge in [-0.05, 0) is 26.0 Å². The Balaban J connectivity index is 2.97. The summed E-state index contributed by atoms with van der Waals surface area (Å²) in [5, 5.41) is 0. The molecule has 0 amide bonds. The topological polar surface area (TPSA) is 18.5 Å². The standard InChI is InChI=1S/C7H15O2S/c1-3-5-6-9-7(10)8-4-2/h7H,3-6H2,1-2H3. The Morgan fingerprint density at radius 1 is 1.30 bits per heavy atom. The minimum atomic E-state index is -0.448. The quantitative estimate of drug-likeness (QED) is 0.442. The van der Waals surface area contributed by atoms with Crippen molar-refractivity contribution in [2.45, 2.75) is 32.3 Å². The highest BCUT2D eigenvalue weighted by molar-refractivity contribution is 7.80. The normalized spacial score (nSPS) is 13.5. The molecule has 10 heavy (non-hydrogen) atoms. The van der Waals surface area contributed by atoms with Crippen molar-refractivity contribution in [3.63, 3.8) is 0 Å². The number of hydrogen-bond acceptors (Lipinski definition) is 2. The van der Waals surface area contributed by atoms with E-state index in [0.717, 1.165) is 12.8 Å². The molecule has 61 valence electrons. The molecule has 2 nitrogen and oxygen atoms in total. The van der Waals surface area contributed by atoms with Crippen molar-refractivity contribution in [2.75, 3.05) is 13.2 Å². The first-order valence-corrected chi connectivity index (χ1v) is 4.17. The molecule has 0 aromatic carbocycles. The van der Waals surface area contributed by atoms with Gasteiger partial charge in [0, 0.05) is 6.61 Å². The maximum Gasteiger partial charge on any atom is 0.217 e. The van der Waals surface area contributed by atoms with E-state index in [4.69, 9.17) is 22.1 Å². The summed E-state index contributed by atoms with van der Waals surface area (Å²) in [6.07, 6.45) is 2.19. The van der Waals surface area contributed by atoms with Crippen LogP contribution in [-0.4, -0.2) is 18.8 Å². The number of hydrogen-bond donors (Lipinski definition) is 0. The van der Waals surface area contributed by atoms with Crippen LogP contribution in [0.3, 0.4) is 0 Å². The molecule has 0 aliphatic heterocycles. The summed E-state index contributed by atoms with van der Waals surface area (Å²) in [5.74, 6) is 0. The van der Waals surface area contributed by atoms with Gasteiger partial charge >= 0.3 is 0 Å². The van der Waals surface area contributed by atoms with Gasteiger partial charge in [0.1, 0.15) is 0 Å². The zero-order valence-corrected chi connectivity index (χ0v) is 7.45. The van der Waals surface area contributed by atoms with E-state index in [-0.39, 0.29) is 0 Å². The zero-order chi connectivity index (χ0) is 7.82. The summed E-state index contributed by atoms with van der Waals surface area (Å²) < 4.78 is 10.1. The molecular weight excluding hydrogens is 148 g/mol. The summed E-state index contributed by atoms with van der Waals surface area (Å²) in [4.78, 5) is 0. The van der Waals surface area contributed by atoms with E-state index >= 15 is 0 Å². The third kappa shape index (κ3) is 6.39. The van der Waals surface area contributed by atoms with Crippen molar-refractivity contribution in [1.82, 2.24) is 0 Å². The smallest absolute Gasteiger partial charge is 0.217 e. The summed E-state index contributed by atoms with van der Waals surface area (Å²) in [6, 6.07) is 0. The molecule has 0 aromatic rings. The molecule has 3 heteroatoms. The van der Waals surface area contributed by atoms with Crippen LogP contribution in [0.4, 0.5) is 0 Å². The van der Waals surface area contributed by atoms with Crippen LogP contribution in [0.1, 0.15) is 26.7 Å². The van der Waals surface area contributed by atoms with Gasteiger partial charge in [-0.3, -0.25) is 0 Å². The molecule has 1 atom stereocenters. The molecule has 0 bridgehead atoms. The molecule has 0 saturated heterocycles. The fourth-order valence-electron chi connectivity index (χ4n) is 0.508. The average Bonchev–Trinajstić information content (AvgIpc) is 1.89. The van der Waals surface area contributed by atoms with Crippen LogP contribution in [0.25, 0.3) is 0 Å². The molecular formula is C7H15O2S. The van der Waals surface area contributed by atoms with Crippen LogP contribution >= 0.6 is 12.6 Å². The Bertz CT molecular complexity index is 68.6. The molecule has 0 aliphatic carbocycles. The Labute approximate surface area is 68.3 Å². The Morgan fingerprint density at radius 3 is 2.50 bits per heavy atom. The van der Waals surface area contributed by atoms with Gasteiger partial charge in [0.15, 0.2) is 0 Å². The predicted molar refractivity (Wildman–Crippen MR) is 43.9 cm³/mol. The largest absolute Gasteiger partial charge is 0.343 e. The fourth-order valence-corrected chi connectivity index (χ4v) is 0.740. The van der Waals surface area contributed by atoms with Crippen molar-refractivity contribution >= 4 is 12.6 Å². The maximum atomic E-state index is 5.12. The van der Waals surface area contributed by atoms with Crippen LogP contribution < -0.4 is 0 Å². The first-order chi connectivity index (χ1) is 4.81. The third-order valence-electron chi connectivity index (χ3n) is 1.05. The summed E-state index contributed by atoms with van der Waals surface area (Å²) in [7, 11) is 0. The number of unbranched alkanes of at least 4 members (excludes halogenated alkanes) is 1. The van der Waals surface area contributed by atoms with Gasteiger partial charge in [0.05, 0.1) is 6.61 Å². The van der Waals surface area contributed by atoms with Crippen LogP contribution in [0.2, 0.25) is 0 Å². The molecule has 0 heterocycles. The molecule has 1 radical (unpaired) electrons. The highest BCUT2D eigenvalue weighted by Crippen LogP contribution is 2.00. The molecule has 0 aliphatic rings. The monoisotopic (exact) mass is 163 g/mol. The molecule has 0 rings (SSSR count). The lowest BCUT2D eigenvalue weighted by Gasteiger charge is -2.09. The Morgan fingerprint density at radius 2 is 2.00 bits per heavy atom. The first kappa shape index (κ1) is 10.3. The highest BCUT2D eigenvalue weighted by Gasteiger charge is 1.99. The average molecular weight is 163 g/mol. The van der Waals surface area contributed by atoms with E-state index in [0.29, 0.717) is 13.2 Å². The van der Waals surface area contributed by atoms with Crippen LogP contribution in [0.15, 0.2) is 0 Å². The van der Waals surface area contributed by atoms with Crippen LogP contribution in [-0.2, 0) is 9.47 Å². The SMILES string of the molecule is CCCCOC([S])OCC.